The van der Waals surface area contributed by atoms with E-state index in [1.807, 2.05) is 36.4 Å². The lowest BCUT2D eigenvalue weighted by molar-refractivity contribution is -0.116. The van der Waals surface area contributed by atoms with Gasteiger partial charge < -0.3 is 11.1 Å². The van der Waals surface area contributed by atoms with E-state index in [4.69, 9.17) is 5.73 Å². The number of hydrogen-bond donors (Lipinski definition) is 2. The Morgan fingerprint density at radius 3 is 2.95 bits per heavy atom. The van der Waals surface area contributed by atoms with E-state index < -0.39 is 6.04 Å². The summed E-state index contributed by atoms with van der Waals surface area (Å²) in [5.74, 6) is -0.197. The van der Waals surface area contributed by atoms with E-state index in [1.54, 1.807) is 4.68 Å². The second-order valence-electron chi connectivity index (χ2n) is 4.85. The number of halogens is 1. The molecule has 0 radical (unpaired) electrons. The Labute approximate surface area is 128 Å². The average Bonchev–Trinajstić information content (AvgIpc) is 3.02. The van der Waals surface area contributed by atoms with Crippen molar-refractivity contribution in [3.63, 3.8) is 0 Å². The zero-order chi connectivity index (χ0) is 14.6. The first-order valence-electron chi connectivity index (χ1n) is 6.36. The van der Waals surface area contributed by atoms with Crippen LogP contribution in [0.2, 0.25) is 0 Å². The van der Waals surface area contributed by atoms with Gasteiger partial charge in [-0.15, -0.1) is 5.10 Å². The molecule has 0 saturated carbocycles. The van der Waals surface area contributed by atoms with Crippen LogP contribution in [0.5, 0.6) is 0 Å². The normalized spacial score (nSPS) is 17.0. The molecule has 0 saturated heterocycles. The number of nitrogens with zero attached hydrogens (tertiary/aromatic N) is 3. The first-order valence-corrected chi connectivity index (χ1v) is 7.15. The highest BCUT2D eigenvalue weighted by molar-refractivity contribution is 9.10. The molecular weight excluding hydrogens is 334 g/mol. The molecular formula is C14H10BrN5O. The van der Waals surface area contributed by atoms with Crippen molar-refractivity contribution in [2.75, 3.05) is 5.32 Å². The summed E-state index contributed by atoms with van der Waals surface area (Å²) >= 11 is 3.52. The molecule has 2 aromatic carbocycles. The van der Waals surface area contributed by atoms with Crippen molar-refractivity contribution in [2.24, 2.45) is 5.73 Å². The van der Waals surface area contributed by atoms with Crippen LogP contribution in [0.15, 0.2) is 40.9 Å². The predicted molar refractivity (Wildman–Crippen MR) is 82.1 cm³/mol. The Morgan fingerprint density at radius 2 is 2.10 bits per heavy atom. The van der Waals surface area contributed by atoms with E-state index in [-0.39, 0.29) is 5.91 Å². The number of nitrogens with one attached hydrogen (secondary N) is 1. The fraction of sp³-hybridized carbons (Fsp3) is 0.0714. The van der Waals surface area contributed by atoms with E-state index >= 15 is 0 Å². The van der Waals surface area contributed by atoms with E-state index in [0.29, 0.717) is 5.69 Å². The van der Waals surface area contributed by atoms with Gasteiger partial charge in [-0.1, -0.05) is 17.3 Å². The number of para-hydroxylation sites is 1. The molecule has 1 aliphatic heterocycles. The van der Waals surface area contributed by atoms with Gasteiger partial charge in [-0.25, -0.2) is 4.68 Å². The van der Waals surface area contributed by atoms with Gasteiger partial charge >= 0.3 is 0 Å². The van der Waals surface area contributed by atoms with Crippen molar-refractivity contribution < 1.29 is 4.79 Å². The van der Waals surface area contributed by atoms with Gasteiger partial charge in [0.1, 0.15) is 11.6 Å². The number of aromatic nitrogens is 3. The molecule has 1 aliphatic rings. The maximum atomic E-state index is 11.7. The molecule has 7 heteroatoms. The first kappa shape index (κ1) is 12.5. The summed E-state index contributed by atoms with van der Waals surface area (Å²) in [6.45, 7) is 0. The third-order valence-electron chi connectivity index (χ3n) is 3.57. The molecule has 0 fully saturated rings. The number of amides is 1. The van der Waals surface area contributed by atoms with Crippen LogP contribution >= 0.6 is 15.9 Å². The minimum Gasteiger partial charge on any atom is -0.324 e. The molecule has 0 spiro atoms. The van der Waals surface area contributed by atoms with E-state index in [0.717, 1.165) is 26.8 Å². The molecule has 21 heavy (non-hydrogen) atoms. The third kappa shape index (κ3) is 1.78. The predicted octanol–water partition coefficient (Wildman–Crippen LogP) is 2.13. The highest BCUT2D eigenvalue weighted by atomic mass is 79.9. The summed E-state index contributed by atoms with van der Waals surface area (Å²) in [5, 5.41) is 11.1. The highest BCUT2D eigenvalue weighted by Crippen LogP contribution is 2.36. The van der Waals surface area contributed by atoms with Gasteiger partial charge in [0.25, 0.3) is 0 Å². The molecule has 2 heterocycles. The van der Waals surface area contributed by atoms with Gasteiger partial charge in [-0.2, -0.15) is 0 Å². The zero-order valence-corrected chi connectivity index (χ0v) is 12.3. The number of carbonyl (C=O) groups excluding carboxylic acids is 1. The van der Waals surface area contributed by atoms with Crippen LogP contribution in [-0.2, 0) is 4.79 Å². The van der Waals surface area contributed by atoms with Gasteiger partial charge in [0.15, 0.2) is 0 Å². The Balaban J connectivity index is 1.94. The quantitative estimate of drug-likeness (QED) is 0.708. The Bertz CT molecular complexity index is 888. The lowest BCUT2D eigenvalue weighted by Gasteiger charge is -2.09. The van der Waals surface area contributed by atoms with Crippen molar-refractivity contribution in [3.8, 4) is 5.69 Å². The number of benzene rings is 2. The SMILES string of the molecule is NC1C(=O)Nc2cc(-n3nnc4ccccc43)c(Br)cc21. The largest absolute Gasteiger partial charge is 0.324 e. The summed E-state index contributed by atoms with van der Waals surface area (Å²) < 4.78 is 2.54. The molecule has 1 atom stereocenters. The van der Waals surface area contributed by atoms with Gasteiger partial charge in [-0.05, 0) is 40.2 Å². The highest BCUT2D eigenvalue weighted by Gasteiger charge is 2.28. The Morgan fingerprint density at radius 1 is 1.29 bits per heavy atom. The monoisotopic (exact) mass is 343 g/mol. The Hall–Kier alpha value is -2.25. The second-order valence-corrected chi connectivity index (χ2v) is 5.70. The van der Waals surface area contributed by atoms with Crippen molar-refractivity contribution in [1.29, 1.82) is 0 Å². The van der Waals surface area contributed by atoms with Gasteiger partial charge in [0, 0.05) is 15.7 Å². The molecule has 1 amide bonds. The lowest BCUT2D eigenvalue weighted by atomic mass is 10.1. The van der Waals surface area contributed by atoms with Gasteiger partial charge in [0.05, 0.1) is 11.2 Å². The topological polar surface area (TPSA) is 85.8 Å². The van der Waals surface area contributed by atoms with Crippen molar-refractivity contribution in [3.05, 3.63) is 46.4 Å². The van der Waals surface area contributed by atoms with E-state index in [1.165, 1.54) is 0 Å². The molecule has 6 nitrogen and oxygen atoms in total. The minimum atomic E-state index is -0.627. The van der Waals surface area contributed by atoms with Crippen LogP contribution < -0.4 is 11.1 Å². The molecule has 0 bridgehead atoms. The number of rotatable bonds is 1. The zero-order valence-electron chi connectivity index (χ0n) is 10.7. The molecule has 0 aliphatic carbocycles. The minimum absolute atomic E-state index is 0.197. The summed E-state index contributed by atoms with van der Waals surface area (Å²) in [4.78, 5) is 11.7. The molecule has 1 aromatic heterocycles. The second kappa shape index (κ2) is 4.37. The van der Waals surface area contributed by atoms with Crippen molar-refractivity contribution in [1.82, 2.24) is 15.0 Å². The molecule has 1 unspecified atom stereocenters. The van der Waals surface area contributed by atoms with Crippen LogP contribution in [0, 0.1) is 0 Å². The van der Waals surface area contributed by atoms with E-state index in [9.17, 15) is 4.79 Å². The number of hydrogen-bond acceptors (Lipinski definition) is 4. The summed E-state index contributed by atoms with van der Waals surface area (Å²) in [6.07, 6.45) is 0. The van der Waals surface area contributed by atoms with Crippen LogP contribution in [-0.4, -0.2) is 20.9 Å². The number of nitrogens with two attached hydrogens (primary N) is 1. The van der Waals surface area contributed by atoms with Crippen molar-refractivity contribution >= 4 is 38.6 Å². The summed E-state index contributed by atoms with van der Waals surface area (Å²) in [5.41, 5.74) is 9.85. The standard InChI is InChI=1S/C14H10BrN5O/c15-8-5-7-10(17-14(21)13(7)16)6-12(8)20-11-4-2-1-3-9(11)18-19-20/h1-6,13H,16H2,(H,17,21). The van der Waals surface area contributed by atoms with Crippen LogP contribution in [0.1, 0.15) is 11.6 Å². The molecule has 4 rings (SSSR count). The average molecular weight is 344 g/mol. The summed E-state index contributed by atoms with van der Waals surface area (Å²) in [7, 11) is 0. The van der Waals surface area contributed by atoms with Crippen LogP contribution in [0.3, 0.4) is 0 Å². The molecule has 104 valence electrons. The summed E-state index contributed by atoms with van der Waals surface area (Å²) in [6, 6.07) is 10.8. The fourth-order valence-electron chi connectivity index (χ4n) is 2.50. The first-order chi connectivity index (χ1) is 10.1. The number of anilines is 1. The molecule has 3 N–H and O–H groups in total. The van der Waals surface area contributed by atoms with Gasteiger partial charge in [0.2, 0.25) is 5.91 Å². The van der Waals surface area contributed by atoms with Crippen LogP contribution in [0.25, 0.3) is 16.7 Å². The van der Waals surface area contributed by atoms with E-state index in [2.05, 4.69) is 31.6 Å². The number of carbonyl (C=O) groups is 1. The fourth-order valence-corrected chi connectivity index (χ4v) is 3.03. The third-order valence-corrected chi connectivity index (χ3v) is 4.21. The molecule has 3 aromatic rings. The van der Waals surface area contributed by atoms with Gasteiger partial charge in [-0.3, -0.25) is 4.79 Å². The lowest BCUT2D eigenvalue weighted by Crippen LogP contribution is -2.19. The van der Waals surface area contributed by atoms with Crippen molar-refractivity contribution in [2.45, 2.75) is 6.04 Å². The maximum Gasteiger partial charge on any atom is 0.245 e. The Kier molecular flexibility index (Phi) is 2.60. The number of fused-ring (bicyclic) bond motifs is 2. The smallest absolute Gasteiger partial charge is 0.245 e. The maximum absolute atomic E-state index is 11.7. The van der Waals surface area contributed by atoms with Crippen LogP contribution in [0.4, 0.5) is 5.69 Å².